The van der Waals surface area contributed by atoms with Crippen LogP contribution >= 0.6 is 11.6 Å². The Kier molecular flexibility index (Phi) is 6.25. The van der Waals surface area contributed by atoms with Crippen LogP contribution in [-0.2, 0) is 9.59 Å². The number of benzene rings is 3. The highest BCUT2D eigenvalue weighted by Crippen LogP contribution is 2.43. The summed E-state index contributed by atoms with van der Waals surface area (Å²) >= 11 is 6.20. The van der Waals surface area contributed by atoms with E-state index in [0.29, 0.717) is 28.6 Å². The number of ether oxygens (including phenoxy) is 1. The normalized spacial score (nSPS) is 17.5. The lowest BCUT2D eigenvalue weighted by molar-refractivity contribution is -0.132. The van der Waals surface area contributed by atoms with Gasteiger partial charge in [-0.1, -0.05) is 53.6 Å². The number of Topliss-reactive ketones (excluding diaryl/α,β-unsaturated/α-hetero) is 1. The molecule has 1 heterocycles. The van der Waals surface area contributed by atoms with E-state index in [0.717, 1.165) is 16.7 Å². The molecule has 4 rings (SSSR count). The lowest BCUT2D eigenvalue weighted by Crippen LogP contribution is -2.29. The molecule has 0 aromatic heterocycles. The molecule has 1 saturated heterocycles. The summed E-state index contributed by atoms with van der Waals surface area (Å²) in [5.74, 6) is -1.31. The fourth-order valence-electron chi connectivity index (χ4n) is 4.06. The van der Waals surface area contributed by atoms with Crippen molar-refractivity contribution in [2.45, 2.75) is 26.8 Å². The van der Waals surface area contributed by atoms with Crippen molar-refractivity contribution >= 4 is 34.7 Å². The molecule has 1 aliphatic heterocycles. The molecule has 0 spiro atoms. The Morgan fingerprint density at radius 3 is 2.39 bits per heavy atom. The van der Waals surface area contributed by atoms with Gasteiger partial charge in [0.2, 0.25) is 0 Å². The van der Waals surface area contributed by atoms with Crippen LogP contribution in [-0.4, -0.2) is 23.4 Å². The van der Waals surface area contributed by atoms with Gasteiger partial charge in [-0.25, -0.2) is 0 Å². The largest absolute Gasteiger partial charge is 0.507 e. The zero-order valence-corrected chi connectivity index (χ0v) is 19.4. The summed E-state index contributed by atoms with van der Waals surface area (Å²) in [4.78, 5) is 28.0. The first-order valence-electron chi connectivity index (χ1n) is 10.7. The predicted molar refractivity (Wildman–Crippen MR) is 130 cm³/mol. The van der Waals surface area contributed by atoms with Crippen molar-refractivity contribution in [3.05, 3.63) is 99.6 Å². The SMILES string of the molecule is CCOc1cc(/C(O)=C2\C(=O)C(=O)N(c3ccc(C)cc3)C2c2ccccc2C)ccc1Cl. The van der Waals surface area contributed by atoms with Gasteiger partial charge >= 0.3 is 0 Å². The molecule has 3 aromatic carbocycles. The standard InChI is InChI=1S/C27H24ClNO4/c1-4-33-22-15-18(11-14-21(22)28)25(30)23-24(20-8-6-5-7-17(20)3)29(27(32)26(23)31)19-12-9-16(2)10-13-19/h5-15,24,30H,4H2,1-3H3/b25-23+. The number of hydrogen-bond donors (Lipinski definition) is 1. The summed E-state index contributed by atoms with van der Waals surface area (Å²) < 4.78 is 5.54. The average Bonchev–Trinajstić information content (AvgIpc) is 3.06. The number of ketones is 1. The number of carbonyl (C=O) groups is 2. The second-order valence-electron chi connectivity index (χ2n) is 7.94. The number of carbonyl (C=O) groups excluding carboxylic acids is 2. The van der Waals surface area contributed by atoms with E-state index in [1.54, 1.807) is 30.3 Å². The van der Waals surface area contributed by atoms with Crippen LogP contribution in [0.4, 0.5) is 5.69 Å². The Morgan fingerprint density at radius 2 is 1.73 bits per heavy atom. The molecule has 0 bridgehead atoms. The van der Waals surface area contributed by atoms with Gasteiger partial charge in [-0.2, -0.15) is 0 Å². The molecule has 0 aliphatic carbocycles. The van der Waals surface area contributed by atoms with Crippen molar-refractivity contribution in [2.75, 3.05) is 11.5 Å². The van der Waals surface area contributed by atoms with Gasteiger partial charge in [-0.3, -0.25) is 14.5 Å². The van der Waals surface area contributed by atoms with E-state index >= 15 is 0 Å². The third-order valence-corrected chi connectivity index (χ3v) is 6.06. The molecule has 5 nitrogen and oxygen atoms in total. The van der Waals surface area contributed by atoms with Gasteiger partial charge in [0.25, 0.3) is 11.7 Å². The van der Waals surface area contributed by atoms with E-state index in [1.165, 1.54) is 4.90 Å². The minimum absolute atomic E-state index is 0.0274. The van der Waals surface area contributed by atoms with Crippen LogP contribution in [0.2, 0.25) is 5.02 Å². The van der Waals surface area contributed by atoms with E-state index in [9.17, 15) is 14.7 Å². The second-order valence-corrected chi connectivity index (χ2v) is 8.35. The summed E-state index contributed by atoms with van der Waals surface area (Å²) in [6.07, 6.45) is 0. The van der Waals surface area contributed by atoms with Crippen molar-refractivity contribution < 1.29 is 19.4 Å². The van der Waals surface area contributed by atoms with Crippen molar-refractivity contribution in [1.82, 2.24) is 0 Å². The van der Waals surface area contributed by atoms with Gasteiger partial charge in [0.05, 0.1) is 23.2 Å². The zero-order chi connectivity index (χ0) is 23.7. The number of hydrogen-bond acceptors (Lipinski definition) is 4. The Hall–Kier alpha value is -3.57. The molecule has 3 aromatic rings. The van der Waals surface area contributed by atoms with Crippen molar-refractivity contribution in [3.63, 3.8) is 0 Å². The molecule has 1 atom stereocenters. The highest BCUT2D eigenvalue weighted by molar-refractivity contribution is 6.51. The number of aliphatic hydroxyl groups is 1. The summed E-state index contributed by atoms with van der Waals surface area (Å²) in [5.41, 5.74) is 3.66. The van der Waals surface area contributed by atoms with Crippen LogP contribution in [0.5, 0.6) is 5.75 Å². The van der Waals surface area contributed by atoms with Crippen LogP contribution < -0.4 is 9.64 Å². The number of rotatable bonds is 5. The average molecular weight is 462 g/mol. The summed E-state index contributed by atoms with van der Waals surface area (Å²) in [6.45, 7) is 6.09. The Morgan fingerprint density at radius 1 is 1.03 bits per heavy atom. The minimum atomic E-state index is -0.778. The molecule has 1 unspecified atom stereocenters. The lowest BCUT2D eigenvalue weighted by atomic mass is 9.92. The van der Waals surface area contributed by atoms with Crippen molar-refractivity contribution in [3.8, 4) is 5.75 Å². The monoisotopic (exact) mass is 461 g/mol. The van der Waals surface area contributed by atoms with Gasteiger partial charge in [-0.05, 0) is 62.2 Å². The smallest absolute Gasteiger partial charge is 0.300 e. The molecular formula is C27H24ClNO4. The van der Waals surface area contributed by atoms with Crippen molar-refractivity contribution in [2.24, 2.45) is 0 Å². The van der Waals surface area contributed by atoms with Crippen molar-refractivity contribution in [1.29, 1.82) is 0 Å². The maximum atomic E-state index is 13.3. The van der Waals surface area contributed by atoms with E-state index in [2.05, 4.69) is 0 Å². The topological polar surface area (TPSA) is 66.8 Å². The second kappa shape index (κ2) is 9.12. The van der Waals surface area contributed by atoms with E-state index in [-0.39, 0.29) is 11.3 Å². The summed E-state index contributed by atoms with van der Waals surface area (Å²) in [6, 6.07) is 18.9. The quantitative estimate of drug-likeness (QED) is 0.288. The van der Waals surface area contributed by atoms with Crippen LogP contribution in [0.25, 0.3) is 5.76 Å². The van der Waals surface area contributed by atoms with Crippen LogP contribution in [0, 0.1) is 13.8 Å². The molecule has 1 fully saturated rings. The number of amides is 1. The fraction of sp³-hybridized carbons (Fsp3) is 0.185. The van der Waals surface area contributed by atoms with Gasteiger partial charge in [-0.15, -0.1) is 0 Å². The number of anilines is 1. The first-order valence-corrected chi connectivity index (χ1v) is 11.1. The number of aliphatic hydroxyl groups excluding tert-OH is 1. The Bertz CT molecular complexity index is 1260. The van der Waals surface area contributed by atoms with Gasteiger partial charge < -0.3 is 9.84 Å². The zero-order valence-electron chi connectivity index (χ0n) is 18.6. The highest BCUT2D eigenvalue weighted by atomic mass is 35.5. The Balaban J connectivity index is 1.95. The minimum Gasteiger partial charge on any atom is -0.507 e. The highest BCUT2D eigenvalue weighted by Gasteiger charge is 2.47. The summed E-state index contributed by atoms with van der Waals surface area (Å²) in [5, 5.41) is 11.7. The first kappa shape index (κ1) is 22.6. The molecule has 1 N–H and O–H groups in total. The molecule has 33 heavy (non-hydrogen) atoms. The van der Waals surface area contributed by atoms with E-state index in [4.69, 9.17) is 16.3 Å². The van der Waals surface area contributed by atoms with Crippen LogP contribution in [0.3, 0.4) is 0 Å². The third kappa shape index (κ3) is 4.12. The summed E-state index contributed by atoms with van der Waals surface area (Å²) in [7, 11) is 0. The third-order valence-electron chi connectivity index (χ3n) is 5.74. The van der Waals surface area contributed by atoms with Gasteiger partial charge in [0.15, 0.2) is 0 Å². The maximum Gasteiger partial charge on any atom is 0.300 e. The van der Waals surface area contributed by atoms with Gasteiger partial charge in [0, 0.05) is 11.3 Å². The maximum absolute atomic E-state index is 13.3. The first-order chi connectivity index (χ1) is 15.8. The Labute approximate surface area is 197 Å². The molecule has 1 amide bonds. The molecule has 6 heteroatoms. The van der Waals surface area contributed by atoms with Crippen LogP contribution in [0.1, 0.15) is 35.2 Å². The van der Waals surface area contributed by atoms with E-state index in [1.807, 2.05) is 57.2 Å². The fourth-order valence-corrected chi connectivity index (χ4v) is 4.24. The van der Waals surface area contributed by atoms with Gasteiger partial charge in [0.1, 0.15) is 11.5 Å². The number of halogens is 1. The lowest BCUT2D eigenvalue weighted by Gasteiger charge is -2.26. The number of aryl methyl sites for hydroxylation is 2. The van der Waals surface area contributed by atoms with E-state index < -0.39 is 17.7 Å². The molecule has 168 valence electrons. The molecule has 1 aliphatic rings. The number of nitrogens with zero attached hydrogens (tertiary/aromatic N) is 1. The molecule has 0 saturated carbocycles. The van der Waals surface area contributed by atoms with Crippen LogP contribution in [0.15, 0.2) is 72.3 Å². The predicted octanol–water partition coefficient (Wildman–Crippen LogP) is 5.98. The molecular weight excluding hydrogens is 438 g/mol. The molecule has 0 radical (unpaired) electrons.